The fourth-order valence-electron chi connectivity index (χ4n) is 1.69. The second kappa shape index (κ2) is 4.76. The molecule has 6 nitrogen and oxygen atoms in total. The Labute approximate surface area is 107 Å². The number of carbonyl (C=O) groups is 2. The van der Waals surface area contributed by atoms with Crippen LogP contribution >= 0.6 is 0 Å². The van der Waals surface area contributed by atoms with Gasteiger partial charge in [-0.25, -0.2) is 9.69 Å². The summed E-state index contributed by atoms with van der Waals surface area (Å²) in [5.41, 5.74) is -1.47. The summed E-state index contributed by atoms with van der Waals surface area (Å²) in [7, 11) is 0. The number of amides is 1. The lowest BCUT2D eigenvalue weighted by atomic mass is 10.2. The summed E-state index contributed by atoms with van der Waals surface area (Å²) in [6.45, 7) is 10.2. The van der Waals surface area contributed by atoms with Crippen molar-refractivity contribution >= 4 is 12.1 Å². The molecule has 1 fully saturated rings. The first-order chi connectivity index (χ1) is 8.03. The van der Waals surface area contributed by atoms with Crippen LogP contribution in [-0.2, 0) is 19.0 Å². The van der Waals surface area contributed by atoms with Gasteiger partial charge in [-0.1, -0.05) is 0 Å². The van der Waals surface area contributed by atoms with Gasteiger partial charge in [-0.15, -0.1) is 0 Å². The van der Waals surface area contributed by atoms with Gasteiger partial charge < -0.3 is 14.2 Å². The number of hydrogen-bond donors (Lipinski definition) is 0. The number of carbonyl (C=O) groups excluding carboxylic acids is 2. The van der Waals surface area contributed by atoms with Crippen molar-refractivity contribution < 1.29 is 23.8 Å². The minimum atomic E-state index is -0.859. The maximum Gasteiger partial charge on any atom is 0.415 e. The molecule has 0 bridgehead atoms. The maximum absolute atomic E-state index is 12.1. The van der Waals surface area contributed by atoms with E-state index in [1.807, 2.05) is 0 Å². The predicted octanol–water partition coefficient (Wildman–Crippen LogP) is 1.88. The smallest absolute Gasteiger partial charge is 0.415 e. The highest BCUT2D eigenvalue weighted by atomic mass is 16.6. The summed E-state index contributed by atoms with van der Waals surface area (Å²) in [5.74, 6) is -0.463. The van der Waals surface area contributed by atoms with Gasteiger partial charge in [0.15, 0.2) is 0 Å². The molecule has 1 heterocycles. The number of nitrogens with zero attached hydrogens (tertiary/aromatic N) is 1. The van der Waals surface area contributed by atoms with Gasteiger partial charge in [0.25, 0.3) is 0 Å². The van der Waals surface area contributed by atoms with Gasteiger partial charge in [-0.05, 0) is 34.6 Å². The van der Waals surface area contributed by atoms with Gasteiger partial charge in [0.2, 0.25) is 6.23 Å². The first-order valence-corrected chi connectivity index (χ1v) is 5.86. The summed E-state index contributed by atoms with van der Waals surface area (Å²) in [4.78, 5) is 24.4. The minimum absolute atomic E-state index is 0.145. The molecule has 0 radical (unpaired) electrons. The van der Waals surface area contributed by atoms with Crippen LogP contribution in [0.2, 0.25) is 0 Å². The topological polar surface area (TPSA) is 65.1 Å². The van der Waals surface area contributed by atoms with E-state index in [-0.39, 0.29) is 6.61 Å². The molecule has 0 aliphatic carbocycles. The summed E-state index contributed by atoms with van der Waals surface area (Å²) >= 11 is 0. The highest BCUT2D eigenvalue weighted by Crippen LogP contribution is 2.29. The quantitative estimate of drug-likeness (QED) is 0.673. The van der Waals surface area contributed by atoms with E-state index < -0.39 is 29.6 Å². The van der Waals surface area contributed by atoms with E-state index in [4.69, 9.17) is 14.2 Å². The molecule has 0 spiro atoms. The SMILES string of the molecule is CC(=O)O[C@H]1COC(C)(C)N1C(=O)OC(C)(C)C. The Morgan fingerprint density at radius 2 is 1.89 bits per heavy atom. The Kier molecular flexibility index (Phi) is 3.90. The molecule has 104 valence electrons. The third-order valence-corrected chi connectivity index (χ3v) is 2.34. The minimum Gasteiger partial charge on any atom is -0.444 e. The molecular weight excluding hydrogens is 238 g/mol. The summed E-state index contributed by atoms with van der Waals surface area (Å²) in [5, 5.41) is 0. The van der Waals surface area contributed by atoms with Crippen LogP contribution in [-0.4, -0.2) is 41.1 Å². The van der Waals surface area contributed by atoms with E-state index >= 15 is 0 Å². The Morgan fingerprint density at radius 1 is 1.33 bits per heavy atom. The van der Waals surface area contributed by atoms with E-state index in [1.54, 1.807) is 34.6 Å². The molecule has 1 saturated heterocycles. The van der Waals surface area contributed by atoms with Gasteiger partial charge >= 0.3 is 12.1 Å². The summed E-state index contributed by atoms with van der Waals surface area (Å²) in [6, 6.07) is 0. The van der Waals surface area contributed by atoms with Crippen molar-refractivity contribution in [2.24, 2.45) is 0 Å². The van der Waals surface area contributed by atoms with Crippen LogP contribution in [0, 0.1) is 0 Å². The predicted molar refractivity (Wildman–Crippen MR) is 63.7 cm³/mol. The fourth-order valence-corrected chi connectivity index (χ4v) is 1.69. The van der Waals surface area contributed by atoms with Gasteiger partial charge in [-0.2, -0.15) is 0 Å². The first-order valence-electron chi connectivity index (χ1n) is 5.86. The molecular formula is C12H21NO5. The number of ether oxygens (including phenoxy) is 3. The fraction of sp³-hybridized carbons (Fsp3) is 0.833. The van der Waals surface area contributed by atoms with E-state index in [0.29, 0.717) is 0 Å². The lowest BCUT2D eigenvalue weighted by Crippen LogP contribution is -2.50. The molecule has 0 aromatic rings. The molecule has 1 atom stereocenters. The molecule has 0 saturated carbocycles. The Hall–Kier alpha value is -1.30. The summed E-state index contributed by atoms with van der Waals surface area (Å²) in [6.07, 6.45) is -1.30. The van der Waals surface area contributed by atoms with Crippen LogP contribution in [0.25, 0.3) is 0 Å². The third-order valence-electron chi connectivity index (χ3n) is 2.34. The Morgan fingerprint density at radius 3 is 2.33 bits per heavy atom. The van der Waals surface area contributed by atoms with Crippen LogP contribution < -0.4 is 0 Å². The van der Waals surface area contributed by atoms with Crippen LogP contribution in [0.1, 0.15) is 41.5 Å². The lowest BCUT2D eigenvalue weighted by molar-refractivity contribution is -0.154. The maximum atomic E-state index is 12.1. The van der Waals surface area contributed by atoms with Crippen molar-refractivity contribution in [3.63, 3.8) is 0 Å². The monoisotopic (exact) mass is 259 g/mol. The zero-order chi connectivity index (χ0) is 14.1. The number of rotatable bonds is 1. The Bertz CT molecular complexity index is 345. The van der Waals surface area contributed by atoms with Crippen molar-refractivity contribution in [1.29, 1.82) is 0 Å². The number of esters is 1. The van der Waals surface area contributed by atoms with Gasteiger partial charge in [0.05, 0.1) is 0 Å². The van der Waals surface area contributed by atoms with Crippen LogP contribution in [0.4, 0.5) is 4.79 Å². The molecule has 0 aromatic carbocycles. The van der Waals surface area contributed by atoms with Crippen molar-refractivity contribution in [2.75, 3.05) is 6.61 Å². The second-order valence-corrected chi connectivity index (χ2v) is 5.67. The standard InChI is InChI=1S/C12H21NO5/c1-8(14)17-9-7-16-12(5,6)13(9)10(15)18-11(2,3)4/h9H,7H2,1-6H3/t9-/m0/s1. The van der Waals surface area contributed by atoms with Crippen molar-refractivity contribution in [3.8, 4) is 0 Å². The van der Waals surface area contributed by atoms with Gasteiger partial charge in [0.1, 0.15) is 17.9 Å². The summed E-state index contributed by atoms with van der Waals surface area (Å²) < 4.78 is 15.8. The van der Waals surface area contributed by atoms with Crippen molar-refractivity contribution in [3.05, 3.63) is 0 Å². The van der Waals surface area contributed by atoms with Gasteiger partial charge in [0, 0.05) is 6.92 Å². The second-order valence-electron chi connectivity index (χ2n) is 5.67. The molecule has 6 heteroatoms. The molecule has 1 aliphatic rings. The molecule has 18 heavy (non-hydrogen) atoms. The average Bonchev–Trinajstić information content (AvgIpc) is 2.36. The average molecular weight is 259 g/mol. The highest BCUT2D eigenvalue weighted by molar-refractivity contribution is 5.71. The largest absolute Gasteiger partial charge is 0.444 e. The van der Waals surface area contributed by atoms with E-state index in [1.165, 1.54) is 11.8 Å². The van der Waals surface area contributed by atoms with Gasteiger partial charge in [-0.3, -0.25) is 4.79 Å². The van der Waals surface area contributed by atoms with Crippen LogP contribution in [0.5, 0.6) is 0 Å². The molecule has 0 unspecified atom stereocenters. The van der Waals surface area contributed by atoms with Crippen LogP contribution in [0.15, 0.2) is 0 Å². The molecule has 0 aromatic heterocycles. The zero-order valence-electron chi connectivity index (χ0n) is 11.8. The molecule has 0 N–H and O–H groups in total. The molecule has 1 aliphatic heterocycles. The van der Waals surface area contributed by atoms with Crippen LogP contribution in [0.3, 0.4) is 0 Å². The Balaban J connectivity index is 2.85. The molecule has 1 rings (SSSR count). The lowest BCUT2D eigenvalue weighted by Gasteiger charge is -2.34. The first kappa shape index (κ1) is 14.8. The van der Waals surface area contributed by atoms with E-state index in [9.17, 15) is 9.59 Å². The highest BCUT2D eigenvalue weighted by Gasteiger charge is 2.47. The van der Waals surface area contributed by atoms with E-state index in [2.05, 4.69) is 0 Å². The normalized spacial score (nSPS) is 22.8. The molecule has 1 amide bonds. The van der Waals surface area contributed by atoms with Crippen molar-refractivity contribution in [1.82, 2.24) is 4.90 Å². The zero-order valence-corrected chi connectivity index (χ0v) is 11.8. The van der Waals surface area contributed by atoms with E-state index in [0.717, 1.165) is 0 Å². The number of hydrogen-bond acceptors (Lipinski definition) is 5. The van der Waals surface area contributed by atoms with Crippen molar-refractivity contribution in [2.45, 2.75) is 59.1 Å². The third kappa shape index (κ3) is 3.60.